The van der Waals surface area contributed by atoms with Gasteiger partial charge >= 0.3 is 5.97 Å². The van der Waals surface area contributed by atoms with E-state index in [-0.39, 0.29) is 31.1 Å². The van der Waals surface area contributed by atoms with Crippen LogP contribution < -0.4 is 5.32 Å². The summed E-state index contributed by atoms with van der Waals surface area (Å²) in [6.45, 7) is 2.04. The van der Waals surface area contributed by atoms with Gasteiger partial charge in [-0.15, -0.1) is 11.3 Å². The summed E-state index contributed by atoms with van der Waals surface area (Å²) in [5, 5.41) is 3.87. The SMILES string of the molecule is Cc1ccc(C(=O)CCC(=O)OCC(=O)NCCc2c[nH]c3ccccc23)s1. The molecule has 7 heteroatoms. The monoisotopic (exact) mass is 398 g/mol. The Balaban J connectivity index is 1.33. The third-order valence-corrected chi connectivity index (χ3v) is 5.37. The van der Waals surface area contributed by atoms with Gasteiger partial charge in [0.1, 0.15) is 0 Å². The molecule has 0 saturated carbocycles. The van der Waals surface area contributed by atoms with Crippen LogP contribution in [0.15, 0.2) is 42.6 Å². The van der Waals surface area contributed by atoms with E-state index in [9.17, 15) is 14.4 Å². The van der Waals surface area contributed by atoms with Crippen molar-refractivity contribution in [3.63, 3.8) is 0 Å². The van der Waals surface area contributed by atoms with Gasteiger partial charge in [-0.3, -0.25) is 14.4 Å². The topological polar surface area (TPSA) is 88.3 Å². The maximum atomic E-state index is 12.0. The van der Waals surface area contributed by atoms with E-state index in [1.54, 1.807) is 6.07 Å². The van der Waals surface area contributed by atoms with Crippen molar-refractivity contribution in [3.05, 3.63) is 57.9 Å². The molecule has 0 aliphatic heterocycles. The van der Waals surface area contributed by atoms with Crippen LogP contribution in [-0.2, 0) is 20.7 Å². The average Bonchev–Trinajstić information content (AvgIpc) is 3.31. The molecule has 2 heterocycles. The fraction of sp³-hybridized carbons (Fsp3) is 0.286. The van der Waals surface area contributed by atoms with Gasteiger partial charge in [0.05, 0.1) is 11.3 Å². The smallest absolute Gasteiger partial charge is 0.306 e. The fourth-order valence-electron chi connectivity index (χ4n) is 2.87. The number of carbonyl (C=O) groups is 3. The standard InChI is InChI=1S/C21H22N2O4S/c1-14-6-8-19(28-14)18(24)7-9-21(26)27-13-20(25)22-11-10-15-12-23-17-5-3-2-4-16(15)17/h2-6,8,12,23H,7,9-11,13H2,1H3,(H,22,25). The molecule has 3 aromatic rings. The van der Waals surface area contributed by atoms with Crippen LogP contribution in [0.4, 0.5) is 0 Å². The second kappa shape index (κ2) is 9.32. The van der Waals surface area contributed by atoms with E-state index in [1.807, 2.05) is 43.5 Å². The number of H-pyrrole nitrogens is 1. The first-order valence-electron chi connectivity index (χ1n) is 9.10. The van der Waals surface area contributed by atoms with Crippen LogP contribution in [0.1, 0.15) is 33.0 Å². The number of para-hydroxylation sites is 1. The molecule has 0 spiro atoms. The molecule has 2 aromatic heterocycles. The number of Topliss-reactive ketones (excluding diaryl/α,β-unsaturated/α-hetero) is 1. The number of benzene rings is 1. The lowest BCUT2D eigenvalue weighted by Gasteiger charge is -2.06. The maximum absolute atomic E-state index is 12.0. The number of aromatic nitrogens is 1. The highest BCUT2D eigenvalue weighted by Gasteiger charge is 2.13. The van der Waals surface area contributed by atoms with Crippen LogP contribution in [0, 0.1) is 6.92 Å². The number of rotatable bonds is 9. The Morgan fingerprint density at radius 2 is 1.93 bits per heavy atom. The number of ketones is 1. The van der Waals surface area contributed by atoms with Crippen molar-refractivity contribution in [2.75, 3.05) is 13.2 Å². The number of esters is 1. The summed E-state index contributed by atoms with van der Waals surface area (Å²) in [5.74, 6) is -0.986. The lowest BCUT2D eigenvalue weighted by molar-refractivity contribution is -0.148. The number of hydrogen-bond donors (Lipinski definition) is 2. The molecule has 2 N–H and O–H groups in total. The van der Waals surface area contributed by atoms with E-state index in [4.69, 9.17) is 4.74 Å². The molecule has 0 unspecified atom stereocenters. The van der Waals surface area contributed by atoms with Crippen LogP contribution in [0.25, 0.3) is 10.9 Å². The van der Waals surface area contributed by atoms with E-state index in [1.165, 1.54) is 11.3 Å². The zero-order chi connectivity index (χ0) is 19.9. The average molecular weight is 398 g/mol. The number of hydrogen-bond acceptors (Lipinski definition) is 5. The normalized spacial score (nSPS) is 10.8. The van der Waals surface area contributed by atoms with Gasteiger partial charge in [-0.1, -0.05) is 18.2 Å². The summed E-state index contributed by atoms with van der Waals surface area (Å²) in [5.41, 5.74) is 2.18. The van der Waals surface area contributed by atoms with Gasteiger partial charge in [0, 0.05) is 34.9 Å². The van der Waals surface area contributed by atoms with E-state index in [2.05, 4.69) is 10.3 Å². The summed E-state index contributed by atoms with van der Waals surface area (Å²) in [4.78, 5) is 40.4. The number of thiophene rings is 1. The van der Waals surface area contributed by atoms with Gasteiger partial charge in [-0.25, -0.2) is 0 Å². The minimum Gasteiger partial charge on any atom is -0.456 e. The number of ether oxygens (including phenoxy) is 1. The molecular weight excluding hydrogens is 376 g/mol. The second-order valence-electron chi connectivity index (χ2n) is 6.45. The molecule has 0 bridgehead atoms. The maximum Gasteiger partial charge on any atom is 0.306 e. The Bertz CT molecular complexity index is 989. The number of nitrogens with one attached hydrogen (secondary N) is 2. The predicted octanol–water partition coefficient (Wildman–Crippen LogP) is 3.40. The van der Waals surface area contributed by atoms with Crippen molar-refractivity contribution < 1.29 is 19.1 Å². The molecule has 1 amide bonds. The van der Waals surface area contributed by atoms with Gasteiger partial charge in [0.15, 0.2) is 12.4 Å². The largest absolute Gasteiger partial charge is 0.456 e. The number of carbonyl (C=O) groups excluding carboxylic acids is 3. The molecule has 0 aliphatic carbocycles. The van der Waals surface area contributed by atoms with Gasteiger partial charge in [-0.05, 0) is 37.1 Å². The van der Waals surface area contributed by atoms with Crippen molar-refractivity contribution in [3.8, 4) is 0 Å². The number of aromatic amines is 1. The Morgan fingerprint density at radius 3 is 2.71 bits per heavy atom. The zero-order valence-corrected chi connectivity index (χ0v) is 16.4. The van der Waals surface area contributed by atoms with Crippen molar-refractivity contribution >= 4 is 39.9 Å². The fourth-order valence-corrected chi connectivity index (χ4v) is 3.70. The van der Waals surface area contributed by atoms with Crippen LogP contribution in [0.5, 0.6) is 0 Å². The highest BCUT2D eigenvalue weighted by atomic mass is 32.1. The summed E-state index contributed by atoms with van der Waals surface area (Å²) in [6, 6.07) is 11.6. The van der Waals surface area contributed by atoms with Crippen molar-refractivity contribution in [1.29, 1.82) is 0 Å². The minimum absolute atomic E-state index is 0.0294. The van der Waals surface area contributed by atoms with Gasteiger partial charge in [0.25, 0.3) is 5.91 Å². The van der Waals surface area contributed by atoms with Crippen molar-refractivity contribution in [2.45, 2.75) is 26.2 Å². The molecule has 3 rings (SSSR count). The second-order valence-corrected chi connectivity index (χ2v) is 7.74. The Hall–Kier alpha value is -2.93. The van der Waals surface area contributed by atoms with Crippen molar-refractivity contribution in [2.24, 2.45) is 0 Å². The zero-order valence-electron chi connectivity index (χ0n) is 15.6. The van der Waals surface area contributed by atoms with Crippen LogP contribution in [0.3, 0.4) is 0 Å². The van der Waals surface area contributed by atoms with Crippen molar-refractivity contribution in [1.82, 2.24) is 10.3 Å². The van der Waals surface area contributed by atoms with Gasteiger partial charge in [-0.2, -0.15) is 0 Å². The lowest BCUT2D eigenvalue weighted by Crippen LogP contribution is -2.30. The molecule has 1 aromatic carbocycles. The first kappa shape index (κ1) is 19.8. The summed E-state index contributed by atoms with van der Waals surface area (Å²) in [6.07, 6.45) is 2.67. The van der Waals surface area contributed by atoms with E-state index in [0.29, 0.717) is 17.8 Å². The third kappa shape index (κ3) is 5.29. The predicted molar refractivity (Wildman–Crippen MR) is 109 cm³/mol. The lowest BCUT2D eigenvalue weighted by atomic mass is 10.1. The molecule has 146 valence electrons. The van der Waals surface area contributed by atoms with E-state index in [0.717, 1.165) is 21.3 Å². The quantitative estimate of drug-likeness (QED) is 0.427. The van der Waals surface area contributed by atoms with E-state index < -0.39 is 5.97 Å². The first-order chi connectivity index (χ1) is 13.5. The van der Waals surface area contributed by atoms with Crippen LogP contribution >= 0.6 is 11.3 Å². The van der Waals surface area contributed by atoms with Gasteiger partial charge < -0.3 is 15.0 Å². The molecular formula is C21H22N2O4S. The number of amides is 1. The summed E-state index contributed by atoms with van der Waals surface area (Å²) < 4.78 is 4.95. The molecule has 6 nitrogen and oxygen atoms in total. The molecule has 0 aliphatic rings. The van der Waals surface area contributed by atoms with Gasteiger partial charge in [0.2, 0.25) is 0 Å². The highest BCUT2D eigenvalue weighted by Crippen LogP contribution is 2.18. The Kier molecular flexibility index (Phi) is 6.60. The summed E-state index contributed by atoms with van der Waals surface area (Å²) in [7, 11) is 0. The molecule has 0 radical (unpaired) electrons. The van der Waals surface area contributed by atoms with E-state index >= 15 is 0 Å². The summed E-state index contributed by atoms with van der Waals surface area (Å²) >= 11 is 1.41. The van der Waals surface area contributed by atoms with Crippen LogP contribution in [0.2, 0.25) is 0 Å². The first-order valence-corrected chi connectivity index (χ1v) is 9.91. The van der Waals surface area contributed by atoms with Crippen LogP contribution in [-0.4, -0.2) is 35.8 Å². The molecule has 0 atom stereocenters. The molecule has 0 saturated heterocycles. The third-order valence-electron chi connectivity index (χ3n) is 4.33. The Labute approximate surface area is 166 Å². The number of fused-ring (bicyclic) bond motifs is 1. The number of aryl methyl sites for hydroxylation is 1. The molecule has 0 fully saturated rings. The highest BCUT2D eigenvalue weighted by molar-refractivity contribution is 7.14. The molecule has 28 heavy (non-hydrogen) atoms. The Morgan fingerprint density at radius 1 is 1.11 bits per heavy atom. The minimum atomic E-state index is -0.548.